The van der Waals surface area contributed by atoms with Gasteiger partial charge in [-0.2, -0.15) is 0 Å². The summed E-state index contributed by atoms with van der Waals surface area (Å²) in [5, 5.41) is 2.63. The molecule has 108 valence electrons. The van der Waals surface area contributed by atoms with E-state index in [1.54, 1.807) is 38.1 Å². The number of amides is 2. The number of aryl methyl sites for hydroxylation is 2. The zero-order valence-corrected chi connectivity index (χ0v) is 11.7. The minimum Gasteiger partial charge on any atom is -0.366 e. The fourth-order valence-electron chi connectivity index (χ4n) is 1.97. The highest BCUT2D eigenvalue weighted by molar-refractivity contribution is 6.05. The van der Waals surface area contributed by atoms with Gasteiger partial charge >= 0.3 is 0 Å². The van der Waals surface area contributed by atoms with Gasteiger partial charge in [-0.15, -0.1) is 0 Å². The van der Waals surface area contributed by atoms with Crippen LogP contribution in [0.3, 0.4) is 0 Å². The molecule has 0 bridgehead atoms. The first-order chi connectivity index (χ1) is 9.90. The Morgan fingerprint density at radius 2 is 1.81 bits per heavy atom. The first-order valence-corrected chi connectivity index (χ1v) is 6.37. The van der Waals surface area contributed by atoms with Crippen molar-refractivity contribution in [3.63, 3.8) is 0 Å². The quantitative estimate of drug-likeness (QED) is 0.910. The van der Waals surface area contributed by atoms with Crippen molar-refractivity contribution in [1.82, 2.24) is 0 Å². The van der Waals surface area contributed by atoms with Crippen LogP contribution in [0.2, 0.25) is 0 Å². The highest BCUT2D eigenvalue weighted by atomic mass is 19.1. The number of nitrogens with two attached hydrogens (primary N) is 1. The molecule has 0 aliphatic rings. The summed E-state index contributed by atoms with van der Waals surface area (Å²) in [5.41, 5.74) is 7.10. The number of anilines is 1. The molecule has 0 saturated heterocycles. The lowest BCUT2D eigenvalue weighted by Gasteiger charge is -2.10. The molecule has 0 aromatic heterocycles. The van der Waals surface area contributed by atoms with Gasteiger partial charge in [0.05, 0.1) is 5.56 Å². The van der Waals surface area contributed by atoms with Gasteiger partial charge in [0, 0.05) is 11.3 Å². The molecule has 0 aliphatic carbocycles. The summed E-state index contributed by atoms with van der Waals surface area (Å²) in [6.07, 6.45) is 0. The maximum atomic E-state index is 13.9. The van der Waals surface area contributed by atoms with E-state index in [0.717, 1.165) is 0 Å². The van der Waals surface area contributed by atoms with Crippen molar-refractivity contribution < 1.29 is 14.0 Å². The summed E-state index contributed by atoms with van der Waals surface area (Å²) in [4.78, 5) is 23.2. The number of hydrogen-bond acceptors (Lipinski definition) is 2. The van der Waals surface area contributed by atoms with Crippen molar-refractivity contribution in [2.24, 2.45) is 5.73 Å². The molecule has 5 heteroatoms. The zero-order valence-electron chi connectivity index (χ0n) is 11.7. The standard InChI is InChI=1S/C16H15FN2O2/c1-9-4-3-5-12(14(9)17)16(21)19-13-7-6-11(15(18)20)8-10(13)2/h3-8H,1-2H3,(H2,18,20)(H,19,21). The van der Waals surface area contributed by atoms with Crippen LogP contribution in [0.15, 0.2) is 36.4 Å². The number of carbonyl (C=O) groups is 2. The second kappa shape index (κ2) is 5.75. The van der Waals surface area contributed by atoms with Crippen molar-refractivity contribution in [2.75, 3.05) is 5.32 Å². The summed E-state index contributed by atoms with van der Waals surface area (Å²) >= 11 is 0. The number of rotatable bonds is 3. The summed E-state index contributed by atoms with van der Waals surface area (Å²) in [7, 11) is 0. The Hall–Kier alpha value is -2.69. The predicted octanol–water partition coefficient (Wildman–Crippen LogP) is 2.79. The Labute approximate surface area is 121 Å². The van der Waals surface area contributed by atoms with Crippen molar-refractivity contribution >= 4 is 17.5 Å². The minimum absolute atomic E-state index is 0.0200. The third kappa shape index (κ3) is 3.08. The van der Waals surface area contributed by atoms with Crippen molar-refractivity contribution in [2.45, 2.75) is 13.8 Å². The Kier molecular flexibility index (Phi) is 4.03. The third-order valence-corrected chi connectivity index (χ3v) is 3.20. The number of halogens is 1. The normalized spacial score (nSPS) is 10.2. The summed E-state index contributed by atoms with van der Waals surface area (Å²) in [5.74, 6) is -1.62. The van der Waals surface area contributed by atoms with Gasteiger partial charge in [0.1, 0.15) is 5.82 Å². The lowest BCUT2D eigenvalue weighted by molar-refractivity contribution is 0.0997. The number of primary amides is 1. The lowest BCUT2D eigenvalue weighted by atomic mass is 10.1. The molecule has 0 spiro atoms. The number of hydrogen-bond donors (Lipinski definition) is 2. The van der Waals surface area contributed by atoms with E-state index >= 15 is 0 Å². The summed E-state index contributed by atoms with van der Waals surface area (Å²) in [6.45, 7) is 3.33. The summed E-state index contributed by atoms with van der Waals surface area (Å²) in [6, 6.07) is 9.29. The van der Waals surface area contributed by atoms with Gasteiger partial charge in [0.25, 0.3) is 5.91 Å². The molecule has 2 rings (SSSR count). The van der Waals surface area contributed by atoms with E-state index in [0.29, 0.717) is 22.4 Å². The van der Waals surface area contributed by atoms with E-state index in [9.17, 15) is 14.0 Å². The Morgan fingerprint density at radius 3 is 2.43 bits per heavy atom. The van der Waals surface area contributed by atoms with Crippen LogP contribution in [-0.2, 0) is 0 Å². The molecular formula is C16H15FN2O2. The molecule has 2 aromatic rings. The van der Waals surface area contributed by atoms with E-state index in [4.69, 9.17) is 5.73 Å². The minimum atomic E-state index is -0.541. The largest absolute Gasteiger partial charge is 0.366 e. The van der Waals surface area contributed by atoms with Crippen LogP contribution in [0, 0.1) is 19.7 Å². The first kappa shape index (κ1) is 14.7. The molecule has 0 fully saturated rings. The van der Waals surface area contributed by atoms with Gasteiger partial charge in [0.15, 0.2) is 0 Å². The van der Waals surface area contributed by atoms with Gasteiger partial charge in [-0.25, -0.2) is 4.39 Å². The molecule has 3 N–H and O–H groups in total. The Balaban J connectivity index is 2.28. The van der Waals surface area contributed by atoms with Gasteiger partial charge in [0.2, 0.25) is 5.91 Å². The molecule has 4 nitrogen and oxygen atoms in total. The van der Waals surface area contributed by atoms with Crippen molar-refractivity contribution in [3.8, 4) is 0 Å². The van der Waals surface area contributed by atoms with Crippen LogP contribution < -0.4 is 11.1 Å². The first-order valence-electron chi connectivity index (χ1n) is 6.37. The lowest BCUT2D eigenvalue weighted by Crippen LogP contribution is -2.16. The smallest absolute Gasteiger partial charge is 0.258 e. The fraction of sp³-hybridized carbons (Fsp3) is 0.125. The van der Waals surface area contributed by atoms with Gasteiger partial charge in [-0.3, -0.25) is 9.59 Å². The molecule has 0 heterocycles. The van der Waals surface area contributed by atoms with Crippen LogP contribution in [-0.4, -0.2) is 11.8 Å². The van der Waals surface area contributed by atoms with Crippen LogP contribution in [0.1, 0.15) is 31.8 Å². The highest BCUT2D eigenvalue weighted by Gasteiger charge is 2.14. The monoisotopic (exact) mass is 286 g/mol. The molecule has 2 aromatic carbocycles. The van der Waals surface area contributed by atoms with Crippen LogP contribution in [0.25, 0.3) is 0 Å². The average Bonchev–Trinajstić information content (AvgIpc) is 2.43. The molecule has 21 heavy (non-hydrogen) atoms. The molecule has 0 unspecified atom stereocenters. The number of benzene rings is 2. The second-order valence-corrected chi connectivity index (χ2v) is 4.78. The second-order valence-electron chi connectivity index (χ2n) is 4.78. The molecular weight excluding hydrogens is 271 g/mol. The van der Waals surface area contributed by atoms with Crippen LogP contribution in [0.4, 0.5) is 10.1 Å². The topological polar surface area (TPSA) is 72.2 Å². The molecule has 0 aliphatic heterocycles. The maximum Gasteiger partial charge on any atom is 0.258 e. The highest BCUT2D eigenvalue weighted by Crippen LogP contribution is 2.19. The van der Waals surface area contributed by atoms with Gasteiger partial charge in [-0.05, 0) is 49.2 Å². The van der Waals surface area contributed by atoms with Gasteiger partial charge < -0.3 is 11.1 Å². The number of nitrogens with one attached hydrogen (secondary N) is 1. The van der Waals surface area contributed by atoms with Gasteiger partial charge in [-0.1, -0.05) is 12.1 Å². The van der Waals surface area contributed by atoms with Crippen molar-refractivity contribution in [3.05, 3.63) is 64.5 Å². The van der Waals surface area contributed by atoms with E-state index in [1.165, 1.54) is 12.1 Å². The third-order valence-electron chi connectivity index (χ3n) is 3.20. The fourth-order valence-corrected chi connectivity index (χ4v) is 1.97. The molecule has 2 amide bonds. The molecule has 0 radical (unpaired) electrons. The van der Waals surface area contributed by atoms with Crippen molar-refractivity contribution in [1.29, 1.82) is 0 Å². The van der Waals surface area contributed by atoms with Crippen LogP contribution in [0.5, 0.6) is 0 Å². The zero-order chi connectivity index (χ0) is 15.6. The maximum absolute atomic E-state index is 13.9. The van der Waals surface area contributed by atoms with E-state index < -0.39 is 17.6 Å². The predicted molar refractivity (Wildman–Crippen MR) is 78.8 cm³/mol. The molecule has 0 atom stereocenters. The SMILES string of the molecule is Cc1cc(C(N)=O)ccc1NC(=O)c1cccc(C)c1F. The number of carbonyl (C=O) groups excluding carboxylic acids is 2. The average molecular weight is 286 g/mol. The Bertz CT molecular complexity index is 726. The molecule has 0 saturated carbocycles. The Morgan fingerprint density at radius 1 is 1.10 bits per heavy atom. The van der Waals surface area contributed by atoms with E-state index in [1.807, 2.05) is 0 Å². The summed E-state index contributed by atoms with van der Waals surface area (Å²) < 4.78 is 13.9. The van der Waals surface area contributed by atoms with E-state index in [-0.39, 0.29) is 5.56 Å². The van der Waals surface area contributed by atoms with Crippen LogP contribution >= 0.6 is 0 Å². The van der Waals surface area contributed by atoms with E-state index in [2.05, 4.69) is 5.32 Å².